The highest BCUT2D eigenvalue weighted by Gasteiger charge is 2.39. The monoisotopic (exact) mass is 319 g/mol. The highest BCUT2D eigenvalue weighted by atomic mass is 16.5. The van der Waals surface area contributed by atoms with E-state index in [0.717, 1.165) is 31.7 Å². The topological polar surface area (TPSA) is 62.3 Å². The van der Waals surface area contributed by atoms with Gasteiger partial charge in [0.2, 0.25) is 0 Å². The number of benzene rings is 2. The minimum Gasteiger partial charge on any atom is -0.484 e. The van der Waals surface area contributed by atoms with Gasteiger partial charge in [0.1, 0.15) is 11.9 Å². The van der Waals surface area contributed by atoms with Crippen LogP contribution in [0, 0.1) is 11.3 Å². The average molecular weight is 319 g/mol. The van der Waals surface area contributed by atoms with Crippen LogP contribution in [0.1, 0.15) is 29.2 Å². The van der Waals surface area contributed by atoms with Crippen molar-refractivity contribution in [2.75, 3.05) is 13.1 Å². The molecule has 0 saturated carbocycles. The first-order chi connectivity index (χ1) is 11.7. The Bertz CT molecular complexity index is 765. The summed E-state index contributed by atoms with van der Waals surface area (Å²) in [6.07, 6.45) is 2.07. The van der Waals surface area contributed by atoms with Crippen LogP contribution in [0.4, 0.5) is 0 Å². The van der Waals surface area contributed by atoms with Crippen molar-refractivity contribution in [3.63, 3.8) is 0 Å². The Kier molecular flexibility index (Phi) is 3.97. The second-order valence-electron chi connectivity index (χ2n) is 6.69. The summed E-state index contributed by atoms with van der Waals surface area (Å²) in [7, 11) is 0. The molecule has 2 aromatic carbocycles. The molecular formula is C20H21N3O. The normalized spacial score (nSPS) is 26.1. The lowest BCUT2D eigenvalue weighted by molar-refractivity contribution is 0.0933. The highest BCUT2D eigenvalue weighted by Crippen LogP contribution is 2.38. The third kappa shape index (κ3) is 2.77. The van der Waals surface area contributed by atoms with Crippen molar-refractivity contribution in [2.45, 2.75) is 31.0 Å². The van der Waals surface area contributed by atoms with Crippen LogP contribution in [0.15, 0.2) is 48.5 Å². The lowest BCUT2D eigenvalue weighted by atomic mass is 10.1. The highest BCUT2D eigenvalue weighted by molar-refractivity contribution is 5.39. The number of nitriles is 1. The molecule has 4 heteroatoms. The molecule has 3 atom stereocenters. The van der Waals surface area contributed by atoms with Gasteiger partial charge in [0.15, 0.2) is 0 Å². The average Bonchev–Trinajstić information content (AvgIpc) is 3.20. The smallest absolute Gasteiger partial charge is 0.140 e. The van der Waals surface area contributed by atoms with Gasteiger partial charge in [0.25, 0.3) is 0 Å². The molecule has 0 bridgehead atoms. The summed E-state index contributed by atoms with van der Waals surface area (Å²) >= 11 is 0. The van der Waals surface area contributed by atoms with E-state index in [4.69, 9.17) is 15.7 Å². The van der Waals surface area contributed by atoms with E-state index >= 15 is 0 Å². The maximum atomic E-state index is 8.94. The number of nitrogens with zero attached hydrogens (tertiary/aromatic N) is 2. The van der Waals surface area contributed by atoms with E-state index in [1.807, 2.05) is 12.1 Å². The lowest BCUT2D eigenvalue weighted by Crippen LogP contribution is -2.40. The zero-order chi connectivity index (χ0) is 16.5. The maximum absolute atomic E-state index is 8.94. The first kappa shape index (κ1) is 15.2. The summed E-state index contributed by atoms with van der Waals surface area (Å²) in [6.45, 7) is 1.97. The van der Waals surface area contributed by atoms with Crippen molar-refractivity contribution >= 4 is 0 Å². The third-order valence-electron chi connectivity index (χ3n) is 5.11. The second-order valence-corrected chi connectivity index (χ2v) is 6.69. The van der Waals surface area contributed by atoms with E-state index in [9.17, 15) is 0 Å². The molecule has 2 N–H and O–H groups in total. The van der Waals surface area contributed by atoms with E-state index < -0.39 is 0 Å². The maximum Gasteiger partial charge on any atom is 0.140 e. The van der Waals surface area contributed by atoms with Crippen molar-refractivity contribution in [1.82, 2.24) is 4.90 Å². The minimum absolute atomic E-state index is 0.0134. The summed E-state index contributed by atoms with van der Waals surface area (Å²) < 4.78 is 6.37. The van der Waals surface area contributed by atoms with Crippen LogP contribution in [0.25, 0.3) is 0 Å². The zero-order valence-corrected chi connectivity index (χ0v) is 13.6. The summed E-state index contributed by atoms with van der Waals surface area (Å²) in [5.74, 6) is 0.809. The molecule has 1 heterocycles. The Morgan fingerprint density at radius 3 is 2.62 bits per heavy atom. The van der Waals surface area contributed by atoms with Crippen molar-refractivity contribution in [1.29, 1.82) is 5.26 Å². The number of hydrogen-bond acceptors (Lipinski definition) is 4. The van der Waals surface area contributed by atoms with Gasteiger partial charge in [-0.05, 0) is 48.2 Å². The molecule has 1 aliphatic heterocycles. The summed E-state index contributed by atoms with van der Waals surface area (Å²) in [5.41, 5.74) is 9.40. The zero-order valence-electron chi connectivity index (χ0n) is 13.6. The molecule has 0 unspecified atom stereocenters. The summed E-state index contributed by atoms with van der Waals surface area (Å²) in [5, 5.41) is 8.94. The number of nitrogens with two attached hydrogens (primary N) is 1. The van der Waals surface area contributed by atoms with Crippen molar-refractivity contribution < 1.29 is 4.74 Å². The first-order valence-electron chi connectivity index (χ1n) is 8.49. The van der Waals surface area contributed by atoms with E-state index in [-0.39, 0.29) is 12.1 Å². The van der Waals surface area contributed by atoms with Crippen LogP contribution >= 0.6 is 0 Å². The molecule has 1 saturated heterocycles. The Labute approximate surface area is 142 Å². The van der Waals surface area contributed by atoms with Gasteiger partial charge in [-0.25, -0.2) is 0 Å². The van der Waals surface area contributed by atoms with E-state index in [1.165, 1.54) is 11.1 Å². The van der Waals surface area contributed by atoms with Gasteiger partial charge in [0.05, 0.1) is 17.7 Å². The molecule has 1 fully saturated rings. The molecule has 0 spiro atoms. The largest absolute Gasteiger partial charge is 0.484 e. The number of hydrogen-bond donors (Lipinski definition) is 1. The predicted octanol–water partition coefficient (Wildman–Crippen LogP) is 2.64. The molecule has 4 rings (SSSR count). The molecule has 0 amide bonds. The fourth-order valence-corrected chi connectivity index (χ4v) is 3.87. The van der Waals surface area contributed by atoms with E-state index in [2.05, 4.69) is 35.2 Å². The fourth-order valence-electron chi connectivity index (χ4n) is 3.87. The third-order valence-corrected chi connectivity index (χ3v) is 5.11. The van der Waals surface area contributed by atoms with Crippen molar-refractivity contribution in [3.05, 3.63) is 65.2 Å². The molecular weight excluding hydrogens is 298 g/mol. The van der Waals surface area contributed by atoms with Gasteiger partial charge < -0.3 is 10.5 Å². The minimum atomic E-state index is 0.0134. The molecule has 2 aromatic rings. The van der Waals surface area contributed by atoms with Gasteiger partial charge in [0, 0.05) is 19.1 Å². The lowest BCUT2D eigenvalue weighted by Gasteiger charge is -2.30. The van der Waals surface area contributed by atoms with Crippen LogP contribution in [0.2, 0.25) is 0 Å². The molecule has 122 valence electrons. The van der Waals surface area contributed by atoms with Gasteiger partial charge in [-0.3, -0.25) is 4.90 Å². The van der Waals surface area contributed by atoms with Crippen LogP contribution in [0.5, 0.6) is 5.75 Å². The Morgan fingerprint density at radius 1 is 1.12 bits per heavy atom. The molecule has 24 heavy (non-hydrogen) atoms. The number of likely N-dealkylation sites (tertiary alicyclic amines) is 1. The quantitative estimate of drug-likeness (QED) is 0.945. The standard InChI is InChI=1S/C20H21N3O/c21-12-14-5-7-17(8-6-14)24-20-18-4-2-1-3-15(18)11-19(20)23-10-9-16(22)13-23/h1-8,16,19-20H,9-11,13,22H2/t16-,19+,20+/m0/s1. The Morgan fingerprint density at radius 2 is 1.92 bits per heavy atom. The van der Waals surface area contributed by atoms with Crippen LogP contribution in [-0.2, 0) is 6.42 Å². The number of fused-ring (bicyclic) bond motifs is 1. The Balaban J connectivity index is 1.61. The molecule has 0 radical (unpaired) electrons. The van der Waals surface area contributed by atoms with Crippen LogP contribution in [-0.4, -0.2) is 30.1 Å². The number of ether oxygens (including phenoxy) is 1. The summed E-state index contributed by atoms with van der Waals surface area (Å²) in [6, 6.07) is 18.6. The van der Waals surface area contributed by atoms with Crippen molar-refractivity contribution in [2.24, 2.45) is 5.73 Å². The molecule has 2 aliphatic rings. The Hall–Kier alpha value is -2.35. The summed E-state index contributed by atoms with van der Waals surface area (Å²) in [4.78, 5) is 2.47. The first-order valence-corrected chi connectivity index (χ1v) is 8.49. The van der Waals surface area contributed by atoms with Gasteiger partial charge in [-0.2, -0.15) is 5.26 Å². The van der Waals surface area contributed by atoms with E-state index in [1.54, 1.807) is 12.1 Å². The molecule has 4 nitrogen and oxygen atoms in total. The second kappa shape index (κ2) is 6.27. The predicted molar refractivity (Wildman–Crippen MR) is 92.6 cm³/mol. The SMILES string of the molecule is N#Cc1ccc(O[C@@H]2c3ccccc3C[C@H]2N2CC[C@H](N)C2)cc1. The fraction of sp³-hybridized carbons (Fsp3) is 0.350. The molecule has 0 aromatic heterocycles. The molecule has 1 aliphatic carbocycles. The van der Waals surface area contributed by atoms with Crippen LogP contribution in [0.3, 0.4) is 0 Å². The van der Waals surface area contributed by atoms with Gasteiger partial charge in [-0.15, -0.1) is 0 Å². The number of rotatable bonds is 3. The van der Waals surface area contributed by atoms with Crippen molar-refractivity contribution in [3.8, 4) is 11.8 Å². The van der Waals surface area contributed by atoms with Gasteiger partial charge in [-0.1, -0.05) is 24.3 Å². The van der Waals surface area contributed by atoms with Crippen LogP contribution < -0.4 is 10.5 Å². The van der Waals surface area contributed by atoms with Gasteiger partial charge >= 0.3 is 0 Å². The van der Waals surface area contributed by atoms with E-state index in [0.29, 0.717) is 11.6 Å².